The molecule has 0 unspecified atom stereocenters. The minimum Gasteiger partial charge on any atom is -0.444 e. The summed E-state index contributed by atoms with van der Waals surface area (Å²) in [6.07, 6.45) is 2.13. The van der Waals surface area contributed by atoms with Crippen molar-refractivity contribution in [3.05, 3.63) is 29.6 Å². The SMILES string of the molecule is [2H]C([2H])([2H])C1(C([2H])([2H])[2H])CC(c2ccc(NC(=O)OC(C)(C)C)c(C3=CCC(C)(C)CC3)n2)CC(C([2H])([2H])[2H])(C([2H])([2H])[2H])N1C. The van der Waals surface area contributed by atoms with Gasteiger partial charge in [-0.25, -0.2) is 4.79 Å². The second-order valence-corrected chi connectivity index (χ2v) is 11.2. The molecule has 1 amide bonds. The number of ether oxygens (including phenoxy) is 1. The van der Waals surface area contributed by atoms with Crippen LogP contribution < -0.4 is 5.32 Å². The van der Waals surface area contributed by atoms with E-state index in [1.807, 2.05) is 6.08 Å². The molecular weight excluding hydrogens is 410 g/mol. The van der Waals surface area contributed by atoms with Crippen molar-refractivity contribution in [3.63, 3.8) is 0 Å². The number of nitrogens with zero attached hydrogens (tertiary/aromatic N) is 2. The van der Waals surface area contributed by atoms with E-state index in [2.05, 4.69) is 19.2 Å². The number of amides is 1. The Bertz CT molecular complexity index is 1230. The van der Waals surface area contributed by atoms with E-state index in [-0.39, 0.29) is 11.1 Å². The molecule has 0 bridgehead atoms. The number of carbonyl (C=O) groups is 1. The average molecular weight is 468 g/mol. The van der Waals surface area contributed by atoms with Gasteiger partial charge in [-0.2, -0.15) is 0 Å². The quantitative estimate of drug-likeness (QED) is 0.503. The highest BCUT2D eigenvalue weighted by Crippen LogP contribution is 2.45. The molecule has 5 heteroatoms. The smallest absolute Gasteiger partial charge is 0.412 e. The molecule has 0 radical (unpaired) electrons. The third-order valence-electron chi connectivity index (χ3n) is 6.48. The fraction of sp³-hybridized carbons (Fsp3) is 0.714. The molecule has 3 rings (SSSR count). The summed E-state index contributed by atoms with van der Waals surface area (Å²) in [7, 11) is 0.981. The van der Waals surface area contributed by atoms with Crippen LogP contribution >= 0.6 is 0 Å². The Morgan fingerprint density at radius 3 is 2.33 bits per heavy atom. The zero-order chi connectivity index (χ0) is 34.8. The van der Waals surface area contributed by atoms with Gasteiger partial charge in [0.15, 0.2) is 0 Å². The summed E-state index contributed by atoms with van der Waals surface area (Å²) >= 11 is 0. The molecule has 184 valence electrons. The summed E-state index contributed by atoms with van der Waals surface area (Å²) in [6.45, 7) is -3.87. The largest absolute Gasteiger partial charge is 0.444 e. The molecule has 0 atom stereocenters. The number of nitrogens with one attached hydrogen (secondary N) is 1. The lowest BCUT2D eigenvalue weighted by atomic mass is 9.72. The Labute approximate surface area is 218 Å². The van der Waals surface area contributed by atoms with E-state index in [1.165, 1.54) is 12.1 Å². The summed E-state index contributed by atoms with van der Waals surface area (Å²) in [5.41, 5.74) is -4.89. The van der Waals surface area contributed by atoms with Crippen LogP contribution in [0.3, 0.4) is 0 Å². The van der Waals surface area contributed by atoms with Crippen LogP contribution in [-0.2, 0) is 4.74 Å². The molecule has 2 aliphatic rings. The van der Waals surface area contributed by atoms with Gasteiger partial charge in [-0.05, 0) is 110 Å². The fourth-order valence-electron chi connectivity index (χ4n) is 4.35. The van der Waals surface area contributed by atoms with Crippen LogP contribution in [0.4, 0.5) is 10.5 Å². The number of piperidine rings is 1. The number of likely N-dealkylation sites (tertiary alicyclic amines) is 1. The predicted octanol–water partition coefficient (Wildman–Crippen LogP) is 7.39. The molecule has 1 aliphatic carbocycles. The Hall–Kier alpha value is -1.88. The lowest BCUT2D eigenvalue weighted by Gasteiger charge is -2.53. The lowest BCUT2D eigenvalue weighted by Crippen LogP contribution is -2.58. The molecule has 0 saturated carbocycles. The summed E-state index contributed by atoms with van der Waals surface area (Å²) in [5.74, 6) is -1.20. The molecular formula is C28H45N3O2. The van der Waals surface area contributed by atoms with Crippen molar-refractivity contribution < 1.29 is 26.0 Å². The van der Waals surface area contributed by atoms with Crippen molar-refractivity contribution >= 4 is 17.4 Å². The Morgan fingerprint density at radius 2 is 1.82 bits per heavy atom. The van der Waals surface area contributed by atoms with Crippen LogP contribution in [0.1, 0.15) is 128 Å². The van der Waals surface area contributed by atoms with Gasteiger partial charge in [-0.3, -0.25) is 15.2 Å². The van der Waals surface area contributed by atoms with Gasteiger partial charge in [-0.1, -0.05) is 19.9 Å². The van der Waals surface area contributed by atoms with Gasteiger partial charge < -0.3 is 4.74 Å². The standard InChI is InChI=1S/C28H45N3O2/c1-25(2,3)33-24(32)30-22-12-11-21(20-17-27(6,7)31(10)28(8,9)18-20)29-23(22)19-13-15-26(4,5)16-14-19/h11-13,20H,14-18H2,1-10H3,(H,30,32)/i6D3,7D3,8D3,9D3. The zero-order valence-electron chi connectivity index (χ0n) is 32.6. The van der Waals surface area contributed by atoms with Gasteiger partial charge in [0, 0.05) is 39.1 Å². The second kappa shape index (κ2) is 8.72. The minimum absolute atomic E-state index is 0.0197. The number of pyridine rings is 1. The molecule has 1 aromatic rings. The van der Waals surface area contributed by atoms with Crippen LogP contribution in [0.15, 0.2) is 18.2 Å². The highest BCUT2D eigenvalue weighted by molar-refractivity contribution is 5.89. The highest BCUT2D eigenvalue weighted by atomic mass is 16.6. The van der Waals surface area contributed by atoms with Crippen LogP contribution in [0, 0.1) is 5.41 Å². The van der Waals surface area contributed by atoms with Crippen LogP contribution in [0.25, 0.3) is 5.57 Å². The van der Waals surface area contributed by atoms with Crippen LogP contribution in [0.2, 0.25) is 0 Å². The molecule has 1 N–H and O–H groups in total. The number of carbonyl (C=O) groups excluding carboxylic acids is 1. The summed E-state index contributed by atoms with van der Waals surface area (Å²) in [6, 6.07) is 2.98. The molecule has 1 aliphatic heterocycles. The number of hydrogen-bond donors (Lipinski definition) is 1. The lowest BCUT2D eigenvalue weighted by molar-refractivity contribution is -0.0134. The maximum absolute atomic E-state index is 12.8. The van der Waals surface area contributed by atoms with Crippen molar-refractivity contribution in [1.82, 2.24) is 9.88 Å². The number of rotatable bonds is 3. The van der Waals surface area contributed by atoms with Gasteiger partial charge in [-0.15, -0.1) is 0 Å². The molecule has 1 fully saturated rings. The molecule has 1 aromatic heterocycles. The second-order valence-electron chi connectivity index (χ2n) is 11.2. The summed E-state index contributed by atoms with van der Waals surface area (Å²) in [5, 5.41) is 2.72. The average Bonchev–Trinajstić information content (AvgIpc) is 2.80. The monoisotopic (exact) mass is 467 g/mol. The number of allylic oxidation sites excluding steroid dienone is 2. The van der Waals surface area contributed by atoms with Crippen molar-refractivity contribution in [1.29, 1.82) is 0 Å². The third kappa shape index (κ3) is 6.17. The molecule has 0 aromatic carbocycles. The summed E-state index contributed by atoms with van der Waals surface area (Å²) in [4.78, 5) is 18.2. The first-order valence-electron chi connectivity index (χ1n) is 17.4. The molecule has 0 spiro atoms. The Morgan fingerprint density at radius 1 is 1.18 bits per heavy atom. The first-order valence-corrected chi connectivity index (χ1v) is 11.4. The van der Waals surface area contributed by atoms with Gasteiger partial charge in [0.2, 0.25) is 0 Å². The maximum atomic E-state index is 12.8. The van der Waals surface area contributed by atoms with Gasteiger partial charge in [0.1, 0.15) is 5.60 Å². The zero-order valence-corrected chi connectivity index (χ0v) is 20.6. The number of hydrogen-bond acceptors (Lipinski definition) is 4. The van der Waals surface area contributed by atoms with Crippen LogP contribution in [-0.4, -0.2) is 39.7 Å². The molecule has 1 saturated heterocycles. The Balaban J connectivity index is 2.31. The van der Waals surface area contributed by atoms with Gasteiger partial charge in [0.25, 0.3) is 0 Å². The Kier molecular flexibility index (Phi) is 3.66. The summed E-state index contributed by atoms with van der Waals surface area (Å²) < 4.78 is 106. The van der Waals surface area contributed by atoms with Crippen molar-refractivity contribution in [3.8, 4) is 0 Å². The minimum atomic E-state index is -3.31. The normalized spacial score (nSPS) is 29.9. The third-order valence-corrected chi connectivity index (χ3v) is 6.48. The molecule has 2 heterocycles. The number of anilines is 1. The maximum Gasteiger partial charge on any atom is 0.412 e. The highest BCUT2D eigenvalue weighted by Gasteiger charge is 2.44. The van der Waals surface area contributed by atoms with Crippen LogP contribution in [0.5, 0.6) is 0 Å². The first kappa shape index (κ1) is 13.9. The topological polar surface area (TPSA) is 54.5 Å². The van der Waals surface area contributed by atoms with Gasteiger partial charge in [0.05, 0.1) is 11.4 Å². The van der Waals surface area contributed by atoms with E-state index in [1.54, 1.807) is 20.8 Å². The van der Waals surface area contributed by atoms with E-state index in [9.17, 15) is 4.79 Å². The molecule has 5 nitrogen and oxygen atoms in total. The van der Waals surface area contributed by atoms with Crippen molar-refractivity contribution in [2.45, 2.75) is 117 Å². The number of aromatic nitrogens is 1. The molecule has 33 heavy (non-hydrogen) atoms. The van der Waals surface area contributed by atoms with E-state index in [4.69, 9.17) is 26.2 Å². The predicted molar refractivity (Wildman–Crippen MR) is 138 cm³/mol. The first-order chi connectivity index (χ1) is 20.0. The van der Waals surface area contributed by atoms with Gasteiger partial charge >= 0.3 is 6.09 Å². The van der Waals surface area contributed by atoms with E-state index < -0.39 is 68.9 Å². The van der Waals surface area contributed by atoms with Crippen molar-refractivity contribution in [2.75, 3.05) is 12.4 Å². The van der Waals surface area contributed by atoms with E-state index in [0.29, 0.717) is 29.1 Å². The fourth-order valence-corrected chi connectivity index (χ4v) is 4.35. The van der Waals surface area contributed by atoms with E-state index >= 15 is 0 Å². The van der Waals surface area contributed by atoms with Crippen molar-refractivity contribution in [2.24, 2.45) is 5.41 Å². The van der Waals surface area contributed by atoms with E-state index in [0.717, 1.165) is 19.0 Å².